The van der Waals surface area contributed by atoms with Gasteiger partial charge in [0.05, 0.1) is 12.0 Å². The summed E-state index contributed by atoms with van der Waals surface area (Å²) >= 11 is 0. The molecule has 0 heterocycles. The Morgan fingerprint density at radius 3 is 2.33 bits per heavy atom. The summed E-state index contributed by atoms with van der Waals surface area (Å²) < 4.78 is 27.9. The highest BCUT2D eigenvalue weighted by Gasteiger charge is 2.07. The molecule has 2 aromatic carbocycles. The number of rotatable bonds is 10. The maximum atomic E-state index is 11.3. The molecule has 0 aliphatic heterocycles. The molecule has 0 bridgehead atoms. The molecule has 30 heavy (non-hydrogen) atoms. The molecule has 0 aliphatic carbocycles. The summed E-state index contributed by atoms with van der Waals surface area (Å²) in [5, 5.41) is 11.7. The number of ether oxygens (including phenoxy) is 1. The number of sulfonamides is 1. The second-order valence-electron chi connectivity index (χ2n) is 7.09. The maximum absolute atomic E-state index is 11.3. The number of nitrogens with two attached hydrogens (primary N) is 1. The molecule has 1 unspecified atom stereocenters. The third-order valence-electron chi connectivity index (χ3n) is 4.82. The van der Waals surface area contributed by atoms with Crippen LogP contribution in [0, 0.1) is 0 Å². The van der Waals surface area contributed by atoms with Crippen LogP contribution >= 0.6 is 0 Å². The number of benzene rings is 2. The Kier molecular flexibility index (Phi) is 9.14. The number of methoxy groups -OCH3 is 1. The topological polar surface area (TPSA) is 106 Å². The minimum absolute atomic E-state index is 0.125. The van der Waals surface area contributed by atoms with E-state index in [0.717, 1.165) is 36.7 Å². The van der Waals surface area contributed by atoms with E-state index < -0.39 is 10.0 Å². The monoisotopic (exact) mass is 432 g/mol. The Hall–Kier alpha value is -2.58. The van der Waals surface area contributed by atoms with Crippen molar-refractivity contribution in [3.8, 4) is 5.75 Å². The summed E-state index contributed by atoms with van der Waals surface area (Å²) in [5.74, 6) is 2.04. The fraction of sp³-hybridized carbons (Fsp3) is 0.409. The molecule has 0 amide bonds. The molecule has 8 heteroatoms. The molecule has 0 aromatic heterocycles. The van der Waals surface area contributed by atoms with E-state index in [4.69, 9.17) is 9.88 Å². The van der Waals surface area contributed by atoms with Crippen LogP contribution in [0.2, 0.25) is 0 Å². The van der Waals surface area contributed by atoms with Crippen LogP contribution in [0.25, 0.3) is 0 Å². The van der Waals surface area contributed by atoms with Crippen molar-refractivity contribution in [2.75, 3.05) is 26.7 Å². The van der Waals surface area contributed by atoms with E-state index in [1.807, 2.05) is 19.1 Å². The van der Waals surface area contributed by atoms with Gasteiger partial charge in [-0.3, -0.25) is 4.99 Å². The standard InChI is InChI=1S/C22H32N4O3S/c1-4-24-22(25-15-13-17(2)19-7-9-20(29-3)10-8-19)26-16-14-18-5-11-21(12-6-18)30(23,27)28/h5-12,17H,4,13-16H2,1-3H3,(H2,23,27,28)(H2,24,25,26). The molecular formula is C22H32N4O3S. The van der Waals surface area contributed by atoms with Crippen molar-refractivity contribution in [3.63, 3.8) is 0 Å². The minimum atomic E-state index is -3.65. The average Bonchev–Trinajstić information content (AvgIpc) is 2.73. The lowest BCUT2D eigenvalue weighted by Gasteiger charge is -2.14. The smallest absolute Gasteiger partial charge is 0.238 e. The van der Waals surface area contributed by atoms with Crippen LogP contribution in [-0.4, -0.2) is 41.1 Å². The SMILES string of the molecule is CCNC(=NCCC(C)c1ccc(OC)cc1)NCCc1ccc(S(N)(=O)=O)cc1. The summed E-state index contributed by atoms with van der Waals surface area (Å²) in [7, 11) is -1.98. The van der Waals surface area contributed by atoms with Crippen molar-refractivity contribution < 1.29 is 13.2 Å². The highest BCUT2D eigenvalue weighted by atomic mass is 32.2. The zero-order chi connectivity index (χ0) is 22.0. The zero-order valence-corrected chi connectivity index (χ0v) is 18.7. The highest BCUT2D eigenvalue weighted by molar-refractivity contribution is 7.89. The summed E-state index contributed by atoms with van der Waals surface area (Å²) in [5.41, 5.74) is 2.30. The van der Waals surface area contributed by atoms with Gasteiger partial charge in [-0.25, -0.2) is 13.6 Å². The Morgan fingerprint density at radius 1 is 1.10 bits per heavy atom. The van der Waals surface area contributed by atoms with Crippen LogP contribution in [0.5, 0.6) is 5.75 Å². The molecule has 2 rings (SSSR count). The van der Waals surface area contributed by atoms with Crippen molar-refractivity contribution in [1.29, 1.82) is 0 Å². The number of hydrogen-bond donors (Lipinski definition) is 3. The van der Waals surface area contributed by atoms with E-state index in [1.54, 1.807) is 19.2 Å². The summed E-state index contributed by atoms with van der Waals surface area (Å²) in [6.07, 6.45) is 1.69. The predicted molar refractivity (Wildman–Crippen MR) is 122 cm³/mol. The molecule has 0 fully saturated rings. The summed E-state index contributed by atoms with van der Waals surface area (Å²) in [6, 6.07) is 14.8. The molecule has 0 aliphatic rings. The lowest BCUT2D eigenvalue weighted by Crippen LogP contribution is -2.38. The van der Waals surface area contributed by atoms with E-state index in [1.165, 1.54) is 17.7 Å². The van der Waals surface area contributed by atoms with Crippen molar-refractivity contribution in [2.45, 2.75) is 37.5 Å². The average molecular weight is 433 g/mol. The first kappa shape index (κ1) is 23.7. The second-order valence-corrected chi connectivity index (χ2v) is 8.65. The number of aliphatic imine (C=N–C) groups is 1. The number of nitrogens with zero attached hydrogens (tertiary/aromatic N) is 1. The first-order chi connectivity index (χ1) is 14.3. The second kappa shape index (κ2) is 11.6. The Labute approximate surface area is 179 Å². The quantitative estimate of drug-likeness (QED) is 0.395. The molecule has 164 valence electrons. The predicted octanol–water partition coefficient (Wildman–Crippen LogP) is 2.63. The number of primary sulfonamides is 1. The lowest BCUT2D eigenvalue weighted by molar-refractivity contribution is 0.414. The van der Waals surface area contributed by atoms with Crippen LogP contribution in [0.15, 0.2) is 58.4 Å². The fourth-order valence-electron chi connectivity index (χ4n) is 2.98. The third kappa shape index (κ3) is 7.68. The van der Waals surface area contributed by atoms with Gasteiger partial charge in [0.1, 0.15) is 5.75 Å². The van der Waals surface area contributed by atoms with E-state index in [2.05, 4.69) is 34.7 Å². The van der Waals surface area contributed by atoms with Crippen LogP contribution in [0.1, 0.15) is 37.3 Å². The fourth-order valence-corrected chi connectivity index (χ4v) is 3.50. The number of hydrogen-bond acceptors (Lipinski definition) is 4. The van der Waals surface area contributed by atoms with Crippen LogP contribution < -0.4 is 20.5 Å². The molecule has 0 spiro atoms. The molecular weight excluding hydrogens is 400 g/mol. The largest absolute Gasteiger partial charge is 0.497 e. The van der Waals surface area contributed by atoms with Gasteiger partial charge in [-0.1, -0.05) is 31.2 Å². The molecule has 0 saturated carbocycles. The Balaban J connectivity index is 1.83. The van der Waals surface area contributed by atoms with E-state index in [0.29, 0.717) is 19.0 Å². The first-order valence-electron chi connectivity index (χ1n) is 10.1. The van der Waals surface area contributed by atoms with Gasteiger partial charge in [-0.05, 0) is 61.1 Å². The van der Waals surface area contributed by atoms with E-state index >= 15 is 0 Å². The normalized spacial score (nSPS) is 13.0. The van der Waals surface area contributed by atoms with Gasteiger partial charge in [-0.15, -0.1) is 0 Å². The third-order valence-corrected chi connectivity index (χ3v) is 5.75. The highest BCUT2D eigenvalue weighted by Crippen LogP contribution is 2.21. The molecule has 4 N–H and O–H groups in total. The minimum Gasteiger partial charge on any atom is -0.497 e. The molecule has 0 saturated heterocycles. The van der Waals surface area contributed by atoms with Crippen molar-refractivity contribution in [3.05, 3.63) is 59.7 Å². The Bertz CT molecular complexity index is 910. The van der Waals surface area contributed by atoms with Crippen molar-refractivity contribution >= 4 is 16.0 Å². The van der Waals surface area contributed by atoms with Crippen LogP contribution in [0.3, 0.4) is 0 Å². The van der Waals surface area contributed by atoms with Gasteiger partial charge in [-0.2, -0.15) is 0 Å². The van der Waals surface area contributed by atoms with Crippen LogP contribution in [0.4, 0.5) is 0 Å². The van der Waals surface area contributed by atoms with Gasteiger partial charge in [0.2, 0.25) is 10.0 Å². The molecule has 1 atom stereocenters. The number of guanidine groups is 1. The lowest BCUT2D eigenvalue weighted by atomic mass is 9.98. The van der Waals surface area contributed by atoms with Gasteiger partial charge < -0.3 is 15.4 Å². The Morgan fingerprint density at radius 2 is 1.77 bits per heavy atom. The van der Waals surface area contributed by atoms with Gasteiger partial charge in [0.15, 0.2) is 5.96 Å². The first-order valence-corrected chi connectivity index (χ1v) is 11.7. The van der Waals surface area contributed by atoms with Crippen molar-refractivity contribution in [2.24, 2.45) is 10.1 Å². The van der Waals surface area contributed by atoms with Crippen LogP contribution in [-0.2, 0) is 16.4 Å². The van der Waals surface area contributed by atoms with E-state index in [-0.39, 0.29) is 4.90 Å². The van der Waals surface area contributed by atoms with Gasteiger partial charge in [0, 0.05) is 19.6 Å². The van der Waals surface area contributed by atoms with Crippen molar-refractivity contribution in [1.82, 2.24) is 10.6 Å². The molecule has 7 nitrogen and oxygen atoms in total. The summed E-state index contributed by atoms with van der Waals surface area (Å²) in [4.78, 5) is 4.79. The number of nitrogens with one attached hydrogen (secondary N) is 2. The van der Waals surface area contributed by atoms with Gasteiger partial charge >= 0.3 is 0 Å². The van der Waals surface area contributed by atoms with Gasteiger partial charge in [0.25, 0.3) is 0 Å². The molecule has 2 aromatic rings. The maximum Gasteiger partial charge on any atom is 0.238 e. The zero-order valence-electron chi connectivity index (χ0n) is 17.9. The molecule has 0 radical (unpaired) electrons. The summed E-state index contributed by atoms with van der Waals surface area (Å²) in [6.45, 7) is 6.41. The van der Waals surface area contributed by atoms with E-state index in [9.17, 15) is 8.42 Å².